The molecule has 32 heavy (non-hydrogen) atoms. The molecule has 2 amide bonds. The molecule has 1 aliphatic carbocycles. The van der Waals surface area contributed by atoms with Crippen LogP contribution in [0, 0.1) is 0 Å². The number of benzene rings is 1. The Bertz CT molecular complexity index is 1020. The van der Waals surface area contributed by atoms with Crippen molar-refractivity contribution in [3.63, 3.8) is 0 Å². The predicted molar refractivity (Wildman–Crippen MR) is 126 cm³/mol. The van der Waals surface area contributed by atoms with Crippen LogP contribution in [0.25, 0.3) is 10.2 Å². The van der Waals surface area contributed by atoms with Gasteiger partial charge in [0.05, 0.1) is 35.4 Å². The number of hydrogen-bond acceptors (Lipinski definition) is 7. The first-order chi connectivity index (χ1) is 15.5. The number of fused-ring (bicyclic) bond motifs is 1. The third kappa shape index (κ3) is 6.83. The van der Waals surface area contributed by atoms with E-state index in [0.717, 1.165) is 35.9 Å². The van der Waals surface area contributed by atoms with Crippen LogP contribution in [-0.2, 0) is 25.7 Å². The van der Waals surface area contributed by atoms with Gasteiger partial charge in [-0.15, -0.1) is 11.8 Å². The quantitative estimate of drug-likeness (QED) is 0.555. The number of thiazole rings is 1. The van der Waals surface area contributed by atoms with Crippen molar-refractivity contribution in [1.82, 2.24) is 9.88 Å². The molecule has 0 aliphatic heterocycles. The van der Waals surface area contributed by atoms with Gasteiger partial charge in [-0.1, -0.05) is 30.6 Å². The Labute approximate surface area is 195 Å². The number of rotatable bonds is 9. The van der Waals surface area contributed by atoms with Crippen LogP contribution in [0.4, 0.5) is 0 Å². The highest BCUT2D eigenvalue weighted by Gasteiger charge is 2.16. The molecule has 0 atom stereocenters. The number of nitrogens with one attached hydrogen (secondary N) is 1. The lowest BCUT2D eigenvalue weighted by Crippen LogP contribution is -2.37. The molecule has 1 N–H and O–H groups in total. The Morgan fingerprint density at radius 1 is 1.22 bits per heavy atom. The van der Waals surface area contributed by atoms with Gasteiger partial charge in [0.15, 0.2) is 4.80 Å². The summed E-state index contributed by atoms with van der Waals surface area (Å²) in [6.07, 6.45) is 5.60. The molecule has 0 saturated heterocycles. The molecule has 10 heteroatoms. The number of aromatic nitrogens is 1. The highest BCUT2D eigenvalue weighted by atomic mass is 32.2. The Hall–Kier alpha value is -2.33. The second-order valence-corrected chi connectivity index (χ2v) is 9.50. The van der Waals surface area contributed by atoms with Crippen LogP contribution in [0.2, 0.25) is 0 Å². The highest BCUT2D eigenvalue weighted by molar-refractivity contribution is 8.00. The summed E-state index contributed by atoms with van der Waals surface area (Å²) in [4.78, 5) is 41.1. The monoisotopic (exact) mass is 479 g/mol. The fraction of sp³-hybridized carbons (Fsp3) is 0.545. The maximum absolute atomic E-state index is 12.5. The van der Waals surface area contributed by atoms with Crippen molar-refractivity contribution in [2.75, 3.05) is 25.2 Å². The molecule has 1 saturated carbocycles. The lowest BCUT2D eigenvalue weighted by atomic mass is 9.95. The van der Waals surface area contributed by atoms with Gasteiger partial charge in [0, 0.05) is 6.04 Å². The fourth-order valence-corrected chi connectivity index (χ4v) is 5.31. The van der Waals surface area contributed by atoms with E-state index in [9.17, 15) is 14.4 Å². The standard InChI is InChI=1S/C22H29N3O5S2/c1-3-30-16-9-10-17-18(11-16)32-22(25(17)12-21(28)29-2)24-20(27)14-31-13-19(26)23-15-7-5-4-6-8-15/h9-11,15H,3-8,12-14H2,1-2H3,(H,23,26). The van der Waals surface area contributed by atoms with E-state index in [0.29, 0.717) is 17.2 Å². The Morgan fingerprint density at radius 3 is 2.72 bits per heavy atom. The van der Waals surface area contributed by atoms with Crippen molar-refractivity contribution in [1.29, 1.82) is 0 Å². The van der Waals surface area contributed by atoms with Crippen molar-refractivity contribution in [2.45, 2.75) is 51.6 Å². The first kappa shape index (κ1) is 24.3. The topological polar surface area (TPSA) is 99.0 Å². The zero-order valence-corrected chi connectivity index (χ0v) is 20.1. The molecule has 1 aromatic heterocycles. The van der Waals surface area contributed by atoms with Gasteiger partial charge in [0.25, 0.3) is 5.91 Å². The average Bonchev–Trinajstić information content (AvgIpc) is 3.10. The largest absolute Gasteiger partial charge is 0.494 e. The van der Waals surface area contributed by atoms with Gasteiger partial charge in [-0.3, -0.25) is 14.4 Å². The van der Waals surface area contributed by atoms with Gasteiger partial charge in [0.1, 0.15) is 12.3 Å². The summed E-state index contributed by atoms with van der Waals surface area (Å²) in [5.74, 6) is 0.209. The molecule has 1 fully saturated rings. The van der Waals surface area contributed by atoms with Crippen molar-refractivity contribution < 1.29 is 23.9 Å². The Balaban J connectivity index is 1.68. The maximum Gasteiger partial charge on any atom is 0.325 e. The van der Waals surface area contributed by atoms with Crippen LogP contribution >= 0.6 is 23.1 Å². The maximum atomic E-state index is 12.5. The van der Waals surface area contributed by atoms with E-state index in [2.05, 4.69) is 10.3 Å². The summed E-state index contributed by atoms with van der Waals surface area (Å²) in [6.45, 7) is 2.40. The van der Waals surface area contributed by atoms with Crippen molar-refractivity contribution in [3.05, 3.63) is 23.0 Å². The van der Waals surface area contributed by atoms with Crippen LogP contribution in [0.5, 0.6) is 5.75 Å². The fourth-order valence-electron chi connectivity index (χ4n) is 3.63. The first-order valence-electron chi connectivity index (χ1n) is 10.8. The molecule has 2 aromatic rings. The summed E-state index contributed by atoms with van der Waals surface area (Å²) in [5.41, 5.74) is 0.773. The zero-order valence-electron chi connectivity index (χ0n) is 18.4. The third-order valence-electron chi connectivity index (χ3n) is 5.13. The summed E-state index contributed by atoms with van der Waals surface area (Å²) in [5, 5.41) is 3.05. The summed E-state index contributed by atoms with van der Waals surface area (Å²) in [6, 6.07) is 5.78. The zero-order chi connectivity index (χ0) is 22.9. The molecule has 0 radical (unpaired) electrons. The van der Waals surface area contributed by atoms with Crippen LogP contribution in [0.15, 0.2) is 23.2 Å². The first-order valence-corrected chi connectivity index (χ1v) is 12.7. The average molecular weight is 480 g/mol. The molecule has 0 spiro atoms. The summed E-state index contributed by atoms with van der Waals surface area (Å²) in [7, 11) is 1.32. The second-order valence-electron chi connectivity index (χ2n) is 7.51. The number of hydrogen-bond donors (Lipinski definition) is 1. The van der Waals surface area contributed by atoms with Gasteiger partial charge >= 0.3 is 5.97 Å². The van der Waals surface area contributed by atoms with Crippen molar-refractivity contribution >= 4 is 51.1 Å². The lowest BCUT2D eigenvalue weighted by Gasteiger charge is -2.22. The van der Waals surface area contributed by atoms with E-state index in [1.165, 1.54) is 36.6 Å². The molecular weight excluding hydrogens is 450 g/mol. The summed E-state index contributed by atoms with van der Waals surface area (Å²) < 4.78 is 12.9. The number of nitrogens with zero attached hydrogens (tertiary/aromatic N) is 2. The number of methoxy groups -OCH3 is 1. The predicted octanol–water partition coefficient (Wildman–Crippen LogP) is 2.88. The molecule has 1 heterocycles. The van der Waals surface area contributed by atoms with E-state index in [1.807, 2.05) is 25.1 Å². The molecule has 174 valence electrons. The number of esters is 1. The summed E-state index contributed by atoms with van der Waals surface area (Å²) >= 11 is 2.55. The molecule has 1 aliphatic rings. The minimum atomic E-state index is -0.429. The third-order valence-corrected chi connectivity index (χ3v) is 7.09. The van der Waals surface area contributed by atoms with Crippen LogP contribution in [-0.4, -0.2) is 53.6 Å². The number of thioether (sulfide) groups is 1. The molecule has 0 unspecified atom stereocenters. The van der Waals surface area contributed by atoms with Crippen LogP contribution in [0.1, 0.15) is 39.0 Å². The molecule has 8 nitrogen and oxygen atoms in total. The molecule has 1 aromatic carbocycles. The van der Waals surface area contributed by atoms with E-state index in [4.69, 9.17) is 9.47 Å². The molecule has 0 bridgehead atoms. The van der Waals surface area contributed by atoms with E-state index in [-0.39, 0.29) is 35.9 Å². The number of carbonyl (C=O) groups is 3. The molecular formula is C22H29N3O5S2. The minimum absolute atomic E-state index is 0.0410. The van der Waals surface area contributed by atoms with E-state index >= 15 is 0 Å². The Morgan fingerprint density at radius 2 is 2.00 bits per heavy atom. The van der Waals surface area contributed by atoms with Gasteiger partial charge in [-0.05, 0) is 38.0 Å². The number of amides is 2. The van der Waals surface area contributed by atoms with Crippen LogP contribution < -0.4 is 14.9 Å². The van der Waals surface area contributed by atoms with Crippen molar-refractivity contribution in [2.24, 2.45) is 4.99 Å². The Kier molecular flexibility index (Phi) is 9.16. The van der Waals surface area contributed by atoms with Gasteiger partial charge < -0.3 is 19.4 Å². The van der Waals surface area contributed by atoms with E-state index < -0.39 is 5.97 Å². The highest BCUT2D eigenvalue weighted by Crippen LogP contribution is 2.23. The normalized spacial score (nSPS) is 15.0. The van der Waals surface area contributed by atoms with E-state index in [1.54, 1.807) is 4.57 Å². The second kappa shape index (κ2) is 12.1. The SMILES string of the molecule is CCOc1ccc2c(c1)sc(=NC(=O)CSCC(=O)NC1CCCCC1)n2CC(=O)OC. The van der Waals surface area contributed by atoms with Crippen LogP contribution in [0.3, 0.4) is 0 Å². The van der Waals surface area contributed by atoms with Gasteiger partial charge in [-0.25, -0.2) is 0 Å². The van der Waals surface area contributed by atoms with Crippen molar-refractivity contribution in [3.8, 4) is 5.75 Å². The van der Waals surface area contributed by atoms with Gasteiger partial charge in [0.2, 0.25) is 5.91 Å². The number of carbonyl (C=O) groups excluding carboxylic acids is 3. The number of ether oxygens (including phenoxy) is 2. The lowest BCUT2D eigenvalue weighted by molar-refractivity contribution is -0.141. The van der Waals surface area contributed by atoms with Gasteiger partial charge in [-0.2, -0.15) is 4.99 Å². The minimum Gasteiger partial charge on any atom is -0.494 e. The smallest absolute Gasteiger partial charge is 0.325 e. The molecule has 3 rings (SSSR count).